The Labute approximate surface area is 228 Å². The van der Waals surface area contributed by atoms with Crippen LogP contribution in [-0.2, 0) is 14.8 Å². The second-order valence-corrected chi connectivity index (χ2v) is 13.0. The maximum Gasteiger partial charge on any atom is 0.410 e. The van der Waals surface area contributed by atoms with Gasteiger partial charge in [-0.25, -0.2) is 18.2 Å². The average molecular weight is 561 g/mol. The summed E-state index contributed by atoms with van der Waals surface area (Å²) in [5, 5.41) is 8.73. The van der Waals surface area contributed by atoms with Crippen molar-refractivity contribution in [2.24, 2.45) is 5.92 Å². The number of carbonyl (C=O) groups is 1. The first kappa shape index (κ1) is 27.8. The van der Waals surface area contributed by atoms with Crippen LogP contribution in [0.1, 0.15) is 47.1 Å². The molecule has 0 radical (unpaired) electrons. The topological polar surface area (TPSA) is 111 Å². The molecule has 1 atom stereocenters. The lowest BCUT2D eigenvalue weighted by Gasteiger charge is -2.28. The zero-order valence-electron chi connectivity index (χ0n) is 22.2. The van der Waals surface area contributed by atoms with Crippen LogP contribution in [0.5, 0.6) is 0 Å². The third kappa shape index (κ3) is 6.10. The SMILES string of the molecule is CC(C)CN(c1cc(Cl)cnc1-c1nncn1C1CCN(C(=O)OC(C)(C)C)C1)S(=O)(=O)c1ccccc1. The fraction of sp³-hybridized carbons (Fsp3) is 0.462. The van der Waals surface area contributed by atoms with Gasteiger partial charge in [-0.3, -0.25) is 4.31 Å². The molecule has 1 unspecified atom stereocenters. The van der Waals surface area contributed by atoms with E-state index in [1.807, 2.05) is 39.2 Å². The maximum atomic E-state index is 13.8. The van der Waals surface area contributed by atoms with Crippen molar-refractivity contribution in [2.75, 3.05) is 23.9 Å². The summed E-state index contributed by atoms with van der Waals surface area (Å²) in [5.41, 5.74) is 0.0532. The first-order valence-corrected chi connectivity index (χ1v) is 14.3. The second-order valence-electron chi connectivity index (χ2n) is 10.7. The van der Waals surface area contributed by atoms with Gasteiger partial charge in [-0.2, -0.15) is 0 Å². The molecule has 1 aliphatic rings. The Morgan fingerprint density at radius 2 is 1.95 bits per heavy atom. The number of carbonyl (C=O) groups excluding carboxylic acids is 1. The molecule has 2 aromatic heterocycles. The molecule has 1 aliphatic heterocycles. The number of aromatic nitrogens is 4. The minimum absolute atomic E-state index is 0.00964. The van der Waals surface area contributed by atoms with E-state index in [1.54, 1.807) is 47.6 Å². The van der Waals surface area contributed by atoms with E-state index in [0.29, 0.717) is 41.7 Å². The zero-order valence-corrected chi connectivity index (χ0v) is 23.8. The molecule has 0 spiro atoms. The number of nitrogens with zero attached hydrogens (tertiary/aromatic N) is 6. The van der Waals surface area contributed by atoms with Gasteiger partial charge < -0.3 is 14.2 Å². The lowest BCUT2D eigenvalue weighted by molar-refractivity contribution is 0.0289. The molecule has 1 fully saturated rings. The van der Waals surface area contributed by atoms with Crippen LogP contribution < -0.4 is 4.31 Å². The van der Waals surface area contributed by atoms with Gasteiger partial charge in [0.1, 0.15) is 17.6 Å². The van der Waals surface area contributed by atoms with Crippen LogP contribution >= 0.6 is 11.6 Å². The molecule has 0 N–H and O–H groups in total. The van der Waals surface area contributed by atoms with Crippen molar-refractivity contribution in [1.29, 1.82) is 0 Å². The number of ether oxygens (including phenoxy) is 1. The molecule has 204 valence electrons. The number of rotatable bonds is 7. The molecular weight excluding hydrogens is 528 g/mol. The molecule has 3 aromatic rings. The second kappa shape index (κ2) is 10.9. The van der Waals surface area contributed by atoms with Gasteiger partial charge in [0, 0.05) is 25.8 Å². The molecule has 12 heteroatoms. The molecule has 3 heterocycles. The summed E-state index contributed by atoms with van der Waals surface area (Å²) < 4.78 is 36.4. The van der Waals surface area contributed by atoms with Crippen molar-refractivity contribution in [3.05, 3.63) is 53.9 Å². The molecule has 0 saturated carbocycles. The van der Waals surface area contributed by atoms with Gasteiger partial charge in [-0.1, -0.05) is 43.6 Å². The van der Waals surface area contributed by atoms with Crippen LogP contribution in [0.25, 0.3) is 11.5 Å². The zero-order chi connectivity index (χ0) is 27.7. The molecule has 10 nitrogen and oxygen atoms in total. The smallest absolute Gasteiger partial charge is 0.410 e. The quantitative estimate of drug-likeness (QED) is 0.398. The fourth-order valence-corrected chi connectivity index (χ4v) is 6.11. The minimum Gasteiger partial charge on any atom is -0.444 e. The van der Waals surface area contributed by atoms with Crippen molar-refractivity contribution < 1.29 is 17.9 Å². The largest absolute Gasteiger partial charge is 0.444 e. The number of likely N-dealkylation sites (tertiary alicyclic amines) is 1. The van der Waals surface area contributed by atoms with Crippen LogP contribution in [0, 0.1) is 5.92 Å². The summed E-state index contributed by atoms with van der Waals surface area (Å²) in [7, 11) is -3.94. The standard InChI is InChI=1S/C26H33ClN6O4S/c1-18(2)15-33(38(35,36)21-9-7-6-8-10-21)22-13-19(27)14-28-23(22)24-30-29-17-32(24)20-11-12-31(16-20)25(34)37-26(3,4)5/h6-10,13-14,17-18,20H,11-12,15-16H2,1-5H3. The summed E-state index contributed by atoms with van der Waals surface area (Å²) in [6.45, 7) is 10.5. The predicted octanol–water partition coefficient (Wildman–Crippen LogP) is 5.03. The Morgan fingerprint density at radius 3 is 2.61 bits per heavy atom. The van der Waals surface area contributed by atoms with E-state index in [2.05, 4.69) is 15.2 Å². The van der Waals surface area contributed by atoms with Gasteiger partial charge in [0.2, 0.25) is 0 Å². The highest BCUT2D eigenvalue weighted by Crippen LogP contribution is 2.36. The third-order valence-electron chi connectivity index (χ3n) is 5.96. The van der Waals surface area contributed by atoms with Gasteiger partial charge in [0.25, 0.3) is 10.0 Å². The highest BCUT2D eigenvalue weighted by Gasteiger charge is 2.34. The summed E-state index contributed by atoms with van der Waals surface area (Å²) in [6, 6.07) is 9.72. The molecule has 38 heavy (non-hydrogen) atoms. The Bertz CT molecular complexity index is 1390. The molecule has 1 saturated heterocycles. The molecule has 1 amide bonds. The lowest BCUT2D eigenvalue weighted by atomic mass is 10.2. The number of halogens is 1. The van der Waals surface area contributed by atoms with E-state index in [-0.39, 0.29) is 29.5 Å². The van der Waals surface area contributed by atoms with Crippen molar-refractivity contribution in [3.8, 4) is 11.5 Å². The Balaban J connectivity index is 1.74. The molecule has 4 rings (SSSR count). The minimum atomic E-state index is -3.94. The Kier molecular flexibility index (Phi) is 7.98. The number of amides is 1. The summed E-state index contributed by atoms with van der Waals surface area (Å²) in [6.07, 6.45) is 3.32. The van der Waals surface area contributed by atoms with E-state index in [4.69, 9.17) is 16.3 Å². The van der Waals surface area contributed by atoms with Crippen LogP contribution in [0.2, 0.25) is 5.02 Å². The number of pyridine rings is 1. The highest BCUT2D eigenvalue weighted by atomic mass is 35.5. The predicted molar refractivity (Wildman–Crippen MR) is 146 cm³/mol. The third-order valence-corrected chi connectivity index (χ3v) is 7.96. The molecule has 0 aliphatic carbocycles. The highest BCUT2D eigenvalue weighted by molar-refractivity contribution is 7.92. The summed E-state index contributed by atoms with van der Waals surface area (Å²) in [4.78, 5) is 19.0. The van der Waals surface area contributed by atoms with Crippen molar-refractivity contribution in [3.63, 3.8) is 0 Å². The number of hydrogen-bond donors (Lipinski definition) is 0. The van der Waals surface area contributed by atoms with Crippen molar-refractivity contribution in [1.82, 2.24) is 24.6 Å². The van der Waals surface area contributed by atoms with Gasteiger partial charge in [0.05, 0.1) is 21.6 Å². The number of sulfonamides is 1. The Hall–Kier alpha value is -3.18. The number of anilines is 1. The summed E-state index contributed by atoms with van der Waals surface area (Å²) >= 11 is 6.34. The van der Waals surface area contributed by atoms with Gasteiger partial charge >= 0.3 is 6.09 Å². The molecular formula is C26H33ClN6O4S. The first-order chi connectivity index (χ1) is 17.9. The van der Waals surface area contributed by atoms with Crippen LogP contribution in [0.3, 0.4) is 0 Å². The molecule has 1 aromatic carbocycles. The van der Waals surface area contributed by atoms with Crippen molar-refractivity contribution >= 4 is 33.4 Å². The van der Waals surface area contributed by atoms with Crippen LogP contribution in [0.15, 0.2) is 53.8 Å². The van der Waals surface area contributed by atoms with Gasteiger partial charge in [0.15, 0.2) is 5.82 Å². The first-order valence-electron chi connectivity index (χ1n) is 12.5. The van der Waals surface area contributed by atoms with E-state index in [9.17, 15) is 13.2 Å². The fourth-order valence-electron chi connectivity index (χ4n) is 4.31. The van der Waals surface area contributed by atoms with E-state index in [1.165, 1.54) is 10.5 Å². The van der Waals surface area contributed by atoms with Gasteiger partial charge in [-0.15, -0.1) is 10.2 Å². The van der Waals surface area contributed by atoms with Crippen LogP contribution in [0.4, 0.5) is 10.5 Å². The number of benzene rings is 1. The Morgan fingerprint density at radius 1 is 1.24 bits per heavy atom. The summed E-state index contributed by atoms with van der Waals surface area (Å²) in [5.74, 6) is 0.403. The monoisotopic (exact) mass is 560 g/mol. The van der Waals surface area contributed by atoms with E-state index >= 15 is 0 Å². The van der Waals surface area contributed by atoms with Crippen molar-refractivity contribution in [2.45, 2.75) is 57.6 Å². The average Bonchev–Trinajstić information content (AvgIpc) is 3.52. The van der Waals surface area contributed by atoms with E-state index < -0.39 is 15.6 Å². The van der Waals surface area contributed by atoms with E-state index in [0.717, 1.165) is 0 Å². The van der Waals surface area contributed by atoms with Crippen LogP contribution in [-0.4, -0.2) is 64.4 Å². The number of hydrogen-bond acceptors (Lipinski definition) is 7. The van der Waals surface area contributed by atoms with Gasteiger partial charge in [-0.05, 0) is 51.3 Å². The maximum absolute atomic E-state index is 13.8. The lowest BCUT2D eigenvalue weighted by Crippen LogP contribution is -2.35. The molecule has 0 bridgehead atoms. The normalized spacial score (nSPS) is 16.2.